The third-order valence-electron chi connectivity index (χ3n) is 3.18. The molecule has 0 amide bonds. The molecule has 0 bridgehead atoms. The van der Waals surface area contributed by atoms with E-state index >= 15 is 0 Å². The summed E-state index contributed by atoms with van der Waals surface area (Å²) >= 11 is 0. The van der Waals surface area contributed by atoms with Crippen molar-refractivity contribution < 1.29 is 14.2 Å². The van der Waals surface area contributed by atoms with Crippen molar-refractivity contribution in [3.63, 3.8) is 0 Å². The Hall–Kier alpha value is -0.160. The van der Waals surface area contributed by atoms with E-state index in [2.05, 4.69) is 5.32 Å². The third kappa shape index (κ3) is 5.34. The van der Waals surface area contributed by atoms with E-state index in [0.29, 0.717) is 19.3 Å². The van der Waals surface area contributed by atoms with Gasteiger partial charge in [-0.3, -0.25) is 0 Å². The Morgan fingerprint density at radius 1 is 1.29 bits per heavy atom. The predicted octanol–water partition coefficient (Wildman–Crippen LogP) is 1.93. The summed E-state index contributed by atoms with van der Waals surface area (Å²) in [5.41, 5.74) is 0. The molecular formula is C13H27NO3. The Kier molecular flexibility index (Phi) is 7.77. The van der Waals surface area contributed by atoms with Crippen LogP contribution in [0, 0.1) is 0 Å². The van der Waals surface area contributed by atoms with Crippen molar-refractivity contribution in [1.82, 2.24) is 5.32 Å². The first-order valence-corrected chi connectivity index (χ1v) is 6.83. The van der Waals surface area contributed by atoms with Gasteiger partial charge in [0.15, 0.2) is 6.29 Å². The van der Waals surface area contributed by atoms with Gasteiger partial charge in [0.2, 0.25) is 0 Å². The molecule has 17 heavy (non-hydrogen) atoms. The van der Waals surface area contributed by atoms with Crippen molar-refractivity contribution >= 4 is 0 Å². The van der Waals surface area contributed by atoms with Gasteiger partial charge in [-0.25, -0.2) is 0 Å². The van der Waals surface area contributed by atoms with E-state index in [0.717, 1.165) is 19.4 Å². The van der Waals surface area contributed by atoms with E-state index in [9.17, 15) is 0 Å². The minimum Gasteiger partial charge on any atom is -0.378 e. The second-order valence-electron chi connectivity index (χ2n) is 4.39. The Labute approximate surface area is 105 Å². The van der Waals surface area contributed by atoms with Gasteiger partial charge >= 0.3 is 0 Å². The van der Waals surface area contributed by atoms with Gasteiger partial charge in [-0.2, -0.15) is 0 Å². The van der Waals surface area contributed by atoms with Crippen molar-refractivity contribution in [3.8, 4) is 0 Å². The molecule has 102 valence electrons. The SMILES string of the molecule is CCOC(OCC)C(CCC1CCCO1)NC. The molecule has 1 fully saturated rings. The van der Waals surface area contributed by atoms with Crippen LogP contribution in [0.25, 0.3) is 0 Å². The van der Waals surface area contributed by atoms with Crippen LogP contribution in [0.4, 0.5) is 0 Å². The highest BCUT2D eigenvalue weighted by atomic mass is 16.7. The normalized spacial score (nSPS) is 22.2. The lowest BCUT2D eigenvalue weighted by Crippen LogP contribution is -2.41. The highest BCUT2D eigenvalue weighted by molar-refractivity contribution is 4.73. The number of rotatable bonds is 9. The zero-order valence-electron chi connectivity index (χ0n) is 11.4. The molecule has 1 aliphatic heterocycles. The third-order valence-corrected chi connectivity index (χ3v) is 3.18. The fourth-order valence-electron chi connectivity index (χ4n) is 2.26. The summed E-state index contributed by atoms with van der Waals surface area (Å²) in [7, 11) is 1.96. The van der Waals surface area contributed by atoms with Gasteiger partial charge in [-0.15, -0.1) is 0 Å². The van der Waals surface area contributed by atoms with Crippen LogP contribution < -0.4 is 5.32 Å². The maximum Gasteiger partial charge on any atom is 0.172 e. The average molecular weight is 245 g/mol. The van der Waals surface area contributed by atoms with Crippen LogP contribution in [0.2, 0.25) is 0 Å². The summed E-state index contributed by atoms with van der Waals surface area (Å²) in [6, 6.07) is 0.249. The van der Waals surface area contributed by atoms with Crippen LogP contribution in [-0.4, -0.2) is 45.3 Å². The molecular weight excluding hydrogens is 218 g/mol. The maximum atomic E-state index is 5.64. The van der Waals surface area contributed by atoms with Crippen LogP contribution in [0.5, 0.6) is 0 Å². The second-order valence-corrected chi connectivity index (χ2v) is 4.39. The fourth-order valence-corrected chi connectivity index (χ4v) is 2.26. The summed E-state index contributed by atoms with van der Waals surface area (Å²) in [5.74, 6) is 0. The van der Waals surface area contributed by atoms with Gasteiger partial charge in [-0.05, 0) is 46.6 Å². The van der Waals surface area contributed by atoms with E-state index in [1.165, 1.54) is 12.8 Å². The summed E-state index contributed by atoms with van der Waals surface area (Å²) < 4.78 is 16.9. The van der Waals surface area contributed by atoms with E-state index in [-0.39, 0.29) is 12.3 Å². The number of hydrogen-bond acceptors (Lipinski definition) is 4. The zero-order valence-corrected chi connectivity index (χ0v) is 11.4. The Morgan fingerprint density at radius 2 is 2.00 bits per heavy atom. The van der Waals surface area contributed by atoms with Crippen LogP contribution in [0.15, 0.2) is 0 Å². The molecule has 4 nitrogen and oxygen atoms in total. The molecule has 2 unspecified atom stereocenters. The molecule has 1 N–H and O–H groups in total. The fraction of sp³-hybridized carbons (Fsp3) is 1.00. The Morgan fingerprint density at radius 3 is 2.47 bits per heavy atom. The molecule has 4 heteroatoms. The average Bonchev–Trinajstić information content (AvgIpc) is 2.83. The van der Waals surface area contributed by atoms with Crippen molar-refractivity contribution in [3.05, 3.63) is 0 Å². The van der Waals surface area contributed by atoms with Crippen molar-refractivity contribution in [2.75, 3.05) is 26.9 Å². The lowest BCUT2D eigenvalue weighted by Gasteiger charge is -2.27. The Balaban J connectivity index is 2.32. The maximum absolute atomic E-state index is 5.64. The molecule has 1 aliphatic rings. The topological polar surface area (TPSA) is 39.7 Å². The van der Waals surface area contributed by atoms with Gasteiger partial charge in [0.25, 0.3) is 0 Å². The quantitative estimate of drug-likeness (QED) is 0.630. The summed E-state index contributed by atoms with van der Waals surface area (Å²) in [6.45, 7) is 6.29. The zero-order chi connectivity index (χ0) is 12.5. The van der Waals surface area contributed by atoms with Crippen molar-refractivity contribution in [1.29, 1.82) is 0 Å². The smallest absolute Gasteiger partial charge is 0.172 e. The van der Waals surface area contributed by atoms with Gasteiger partial charge in [-0.1, -0.05) is 0 Å². The van der Waals surface area contributed by atoms with Gasteiger partial charge < -0.3 is 19.5 Å². The van der Waals surface area contributed by atoms with Crippen LogP contribution in [-0.2, 0) is 14.2 Å². The van der Waals surface area contributed by atoms with E-state index in [1.54, 1.807) is 0 Å². The molecule has 1 rings (SSSR count). The van der Waals surface area contributed by atoms with E-state index in [4.69, 9.17) is 14.2 Å². The summed E-state index contributed by atoms with van der Waals surface area (Å²) in [4.78, 5) is 0. The number of nitrogens with one attached hydrogen (secondary N) is 1. The minimum atomic E-state index is -0.142. The molecule has 1 heterocycles. The lowest BCUT2D eigenvalue weighted by atomic mass is 10.1. The molecule has 0 saturated carbocycles. The largest absolute Gasteiger partial charge is 0.378 e. The highest BCUT2D eigenvalue weighted by Gasteiger charge is 2.23. The van der Waals surface area contributed by atoms with Crippen LogP contribution >= 0.6 is 0 Å². The molecule has 0 aromatic carbocycles. The first kappa shape index (κ1) is 14.9. The summed E-state index contributed by atoms with van der Waals surface area (Å²) in [5, 5.41) is 3.29. The van der Waals surface area contributed by atoms with Crippen LogP contribution in [0.3, 0.4) is 0 Å². The number of ether oxygens (including phenoxy) is 3. The molecule has 2 atom stereocenters. The summed E-state index contributed by atoms with van der Waals surface area (Å²) in [6.07, 6.45) is 4.82. The molecule has 0 aromatic heterocycles. The number of likely N-dealkylation sites (N-methyl/N-ethyl adjacent to an activating group) is 1. The van der Waals surface area contributed by atoms with Crippen molar-refractivity contribution in [2.45, 2.75) is 58.0 Å². The minimum absolute atomic E-state index is 0.142. The van der Waals surface area contributed by atoms with Crippen LogP contribution in [0.1, 0.15) is 39.5 Å². The Bertz CT molecular complexity index is 178. The van der Waals surface area contributed by atoms with E-state index < -0.39 is 0 Å². The van der Waals surface area contributed by atoms with Crippen molar-refractivity contribution in [2.24, 2.45) is 0 Å². The second kappa shape index (κ2) is 8.86. The molecule has 0 aromatic rings. The molecule has 0 radical (unpaired) electrons. The first-order valence-electron chi connectivity index (χ1n) is 6.83. The van der Waals surface area contributed by atoms with Gasteiger partial charge in [0, 0.05) is 19.8 Å². The molecule has 1 saturated heterocycles. The first-order chi connectivity index (χ1) is 8.31. The molecule has 0 aliphatic carbocycles. The monoisotopic (exact) mass is 245 g/mol. The standard InChI is InChI=1S/C13H27NO3/c1-4-15-13(16-5-2)12(14-3)9-8-11-7-6-10-17-11/h11-14H,4-10H2,1-3H3. The predicted molar refractivity (Wildman–Crippen MR) is 68.1 cm³/mol. The highest BCUT2D eigenvalue weighted by Crippen LogP contribution is 2.19. The van der Waals surface area contributed by atoms with Gasteiger partial charge in [0.05, 0.1) is 12.1 Å². The number of hydrogen-bond donors (Lipinski definition) is 1. The lowest BCUT2D eigenvalue weighted by molar-refractivity contribution is -0.154. The van der Waals surface area contributed by atoms with Gasteiger partial charge in [0.1, 0.15) is 0 Å². The van der Waals surface area contributed by atoms with E-state index in [1.807, 2.05) is 20.9 Å². The molecule has 0 spiro atoms.